The molecule has 1 fully saturated rings. The first kappa shape index (κ1) is 30.8. The lowest BCUT2D eigenvalue weighted by Gasteiger charge is -2.36. The zero-order chi connectivity index (χ0) is 27.4. The lowest BCUT2D eigenvalue weighted by Crippen LogP contribution is -2.43. The first-order valence-corrected chi connectivity index (χ1v) is 10.5. The van der Waals surface area contributed by atoms with E-state index in [2.05, 4.69) is 53.3 Å². The summed E-state index contributed by atoms with van der Waals surface area (Å²) in [6, 6.07) is 14.8. The second kappa shape index (κ2) is 14.4. The van der Waals surface area contributed by atoms with E-state index in [1.54, 1.807) is 6.20 Å². The van der Waals surface area contributed by atoms with Gasteiger partial charge in [-0.05, 0) is 37.1 Å². The molecule has 2 heterocycles. The van der Waals surface area contributed by atoms with Gasteiger partial charge in [0.05, 0.1) is 12.7 Å². The lowest BCUT2D eigenvalue weighted by molar-refractivity contribution is -0.193. The lowest BCUT2D eigenvalue weighted by atomic mass is 9.89. The first-order chi connectivity index (χ1) is 16.7. The highest BCUT2D eigenvalue weighted by molar-refractivity contribution is 5.73. The monoisotopic (exact) mass is 524 g/mol. The van der Waals surface area contributed by atoms with Crippen LogP contribution in [0.5, 0.6) is 0 Å². The Morgan fingerprint density at radius 2 is 1.50 bits per heavy atom. The van der Waals surface area contributed by atoms with E-state index < -0.39 is 24.3 Å². The molecule has 1 aliphatic rings. The molecule has 1 saturated heterocycles. The van der Waals surface area contributed by atoms with Gasteiger partial charge in [-0.1, -0.05) is 36.4 Å². The van der Waals surface area contributed by atoms with E-state index in [-0.39, 0.29) is 0 Å². The van der Waals surface area contributed by atoms with E-state index >= 15 is 0 Å². The predicted molar refractivity (Wildman–Crippen MR) is 116 cm³/mol. The van der Waals surface area contributed by atoms with Crippen molar-refractivity contribution in [2.24, 2.45) is 5.92 Å². The maximum Gasteiger partial charge on any atom is 0.490 e. The van der Waals surface area contributed by atoms with Gasteiger partial charge in [0.1, 0.15) is 0 Å². The van der Waals surface area contributed by atoms with Crippen LogP contribution in [0, 0.1) is 5.92 Å². The topological polar surface area (TPSA) is 100.0 Å². The van der Waals surface area contributed by atoms with Crippen LogP contribution in [0.2, 0.25) is 0 Å². The quantitative estimate of drug-likeness (QED) is 0.559. The average molecular weight is 524 g/mol. The number of hydrogen-bond acceptors (Lipinski definition) is 5. The smallest absolute Gasteiger partial charge is 0.475 e. The number of pyridine rings is 1. The number of ether oxygens (including phenoxy) is 1. The molecule has 200 valence electrons. The fraction of sp³-hybridized carbons (Fsp3) is 0.435. The highest BCUT2D eigenvalue weighted by Gasteiger charge is 2.38. The SMILES string of the molecule is CN1CC[C@H](OCc2cccnc2)[C@@H](Cc2ccccc2)C1.O=C(O)C(F)(F)F.O=C(O)C(F)(F)F. The van der Waals surface area contributed by atoms with E-state index in [9.17, 15) is 26.3 Å². The molecule has 3 rings (SSSR count). The number of alkyl halides is 6. The molecule has 0 unspecified atom stereocenters. The number of carboxylic acid groups (broad SMARTS) is 2. The summed E-state index contributed by atoms with van der Waals surface area (Å²) in [6.45, 7) is 2.88. The van der Waals surface area contributed by atoms with Crippen LogP contribution < -0.4 is 0 Å². The van der Waals surface area contributed by atoms with Crippen molar-refractivity contribution in [3.63, 3.8) is 0 Å². The number of carbonyl (C=O) groups is 2. The number of aliphatic carboxylic acids is 2. The van der Waals surface area contributed by atoms with Crippen molar-refractivity contribution in [1.29, 1.82) is 0 Å². The van der Waals surface area contributed by atoms with Gasteiger partial charge in [-0.25, -0.2) is 9.59 Å². The molecule has 1 aromatic heterocycles. The molecule has 36 heavy (non-hydrogen) atoms. The number of carboxylic acids is 2. The van der Waals surface area contributed by atoms with E-state index in [0.29, 0.717) is 18.6 Å². The van der Waals surface area contributed by atoms with Crippen LogP contribution in [0.25, 0.3) is 0 Å². The maximum atomic E-state index is 10.6. The van der Waals surface area contributed by atoms with Crippen molar-refractivity contribution in [3.05, 3.63) is 66.0 Å². The Labute approximate surface area is 203 Å². The van der Waals surface area contributed by atoms with Crippen LogP contribution in [0.1, 0.15) is 17.5 Å². The van der Waals surface area contributed by atoms with Crippen molar-refractivity contribution in [3.8, 4) is 0 Å². The largest absolute Gasteiger partial charge is 0.490 e. The minimum atomic E-state index is -5.08. The molecule has 0 spiro atoms. The molecule has 1 aromatic carbocycles. The van der Waals surface area contributed by atoms with Crippen LogP contribution in [-0.2, 0) is 27.4 Å². The highest BCUT2D eigenvalue weighted by Crippen LogP contribution is 2.24. The molecule has 7 nitrogen and oxygen atoms in total. The Hall–Kier alpha value is -3.19. The van der Waals surface area contributed by atoms with Gasteiger partial charge in [0.15, 0.2) is 0 Å². The highest BCUT2D eigenvalue weighted by atomic mass is 19.4. The molecule has 2 aromatic rings. The van der Waals surface area contributed by atoms with Gasteiger partial charge in [0.2, 0.25) is 0 Å². The third-order valence-corrected chi connectivity index (χ3v) is 4.88. The summed E-state index contributed by atoms with van der Waals surface area (Å²) in [4.78, 5) is 24.4. The molecule has 0 saturated carbocycles. The first-order valence-electron chi connectivity index (χ1n) is 10.5. The van der Waals surface area contributed by atoms with E-state index in [1.807, 2.05) is 12.3 Å². The molecule has 13 heteroatoms. The summed E-state index contributed by atoms with van der Waals surface area (Å²) < 4.78 is 69.7. The molecule has 2 atom stereocenters. The number of likely N-dealkylation sites (tertiary alicyclic amines) is 1. The molecular weight excluding hydrogens is 498 g/mol. The number of piperidine rings is 1. The van der Waals surface area contributed by atoms with Gasteiger partial charge in [0, 0.05) is 31.4 Å². The molecule has 0 bridgehead atoms. The summed E-state index contributed by atoms with van der Waals surface area (Å²) in [5.41, 5.74) is 2.55. The van der Waals surface area contributed by atoms with Crippen molar-refractivity contribution in [1.82, 2.24) is 9.88 Å². The third kappa shape index (κ3) is 12.5. The minimum Gasteiger partial charge on any atom is -0.475 e. The average Bonchev–Trinajstić information content (AvgIpc) is 2.79. The molecule has 2 N–H and O–H groups in total. The van der Waals surface area contributed by atoms with E-state index in [0.717, 1.165) is 31.5 Å². The molecule has 0 amide bonds. The van der Waals surface area contributed by atoms with Crippen LogP contribution in [0.3, 0.4) is 0 Å². The van der Waals surface area contributed by atoms with Gasteiger partial charge in [-0.2, -0.15) is 26.3 Å². The van der Waals surface area contributed by atoms with Gasteiger partial charge >= 0.3 is 24.3 Å². The molecular formula is C23H26F6N2O5. The summed E-state index contributed by atoms with van der Waals surface area (Å²) >= 11 is 0. The maximum absolute atomic E-state index is 10.6. The molecule has 0 aliphatic carbocycles. The van der Waals surface area contributed by atoms with E-state index in [1.165, 1.54) is 5.56 Å². The van der Waals surface area contributed by atoms with Crippen LogP contribution in [0.4, 0.5) is 26.3 Å². The van der Waals surface area contributed by atoms with Crippen molar-refractivity contribution >= 4 is 11.9 Å². The van der Waals surface area contributed by atoms with Crippen LogP contribution >= 0.6 is 0 Å². The third-order valence-electron chi connectivity index (χ3n) is 4.88. The van der Waals surface area contributed by atoms with Crippen molar-refractivity contribution in [2.45, 2.75) is 37.9 Å². The zero-order valence-electron chi connectivity index (χ0n) is 19.2. The van der Waals surface area contributed by atoms with Crippen LogP contribution in [-0.4, -0.2) is 70.6 Å². The second-order valence-corrected chi connectivity index (χ2v) is 7.82. The number of benzene rings is 1. The number of aromatic nitrogens is 1. The Kier molecular flexibility index (Phi) is 12.3. The standard InChI is InChI=1S/C19H24N2O.2C2HF3O2/c1-21-11-9-19(22-15-17-8-5-10-20-13-17)18(14-21)12-16-6-3-2-4-7-16;2*3-2(4,5)1(6)7/h2-8,10,13,18-19H,9,11-12,14-15H2,1H3;2*(H,6,7)/t18-,19-;;/m0../s1. The fourth-order valence-electron chi connectivity index (χ4n) is 3.21. The van der Waals surface area contributed by atoms with Crippen LogP contribution in [0.15, 0.2) is 54.9 Å². The van der Waals surface area contributed by atoms with Crippen molar-refractivity contribution in [2.75, 3.05) is 20.1 Å². The van der Waals surface area contributed by atoms with E-state index in [4.69, 9.17) is 24.5 Å². The predicted octanol–water partition coefficient (Wildman–Crippen LogP) is 4.43. The Morgan fingerprint density at radius 1 is 0.972 bits per heavy atom. The number of rotatable bonds is 5. The Balaban J connectivity index is 0.000000383. The summed E-state index contributed by atoms with van der Waals surface area (Å²) in [7, 11) is 2.20. The number of nitrogens with zero attached hydrogens (tertiary/aromatic N) is 2. The zero-order valence-corrected chi connectivity index (χ0v) is 19.2. The van der Waals surface area contributed by atoms with Gasteiger partial charge in [-0.15, -0.1) is 0 Å². The number of halogens is 6. The summed E-state index contributed by atoms with van der Waals surface area (Å²) in [6.07, 6.45) is -3.95. The second-order valence-electron chi connectivity index (χ2n) is 7.82. The Morgan fingerprint density at radius 3 is 1.97 bits per heavy atom. The van der Waals surface area contributed by atoms with Crippen molar-refractivity contribution < 1.29 is 50.9 Å². The fourth-order valence-corrected chi connectivity index (χ4v) is 3.21. The van der Waals surface area contributed by atoms with Gasteiger partial charge < -0.3 is 19.8 Å². The summed E-state index contributed by atoms with van der Waals surface area (Å²) in [5.74, 6) is -4.96. The van der Waals surface area contributed by atoms with Gasteiger partial charge in [-0.3, -0.25) is 4.98 Å². The normalized spacial score (nSPS) is 18.2. The Bertz CT molecular complexity index is 902. The molecule has 0 radical (unpaired) electrons. The summed E-state index contributed by atoms with van der Waals surface area (Å²) in [5, 5.41) is 14.2. The van der Waals surface area contributed by atoms with Gasteiger partial charge in [0.25, 0.3) is 0 Å². The molecule has 1 aliphatic heterocycles. The number of hydrogen-bond donors (Lipinski definition) is 2. The minimum absolute atomic E-state index is 0.330.